The molecule has 3 heterocycles. The van der Waals surface area contributed by atoms with E-state index in [1.165, 1.54) is 70.7 Å². The van der Waals surface area contributed by atoms with Crippen molar-refractivity contribution in [2.45, 2.75) is 16.1 Å². The van der Waals surface area contributed by atoms with Gasteiger partial charge < -0.3 is 9.52 Å². The molecule has 2 aromatic carbocycles. The van der Waals surface area contributed by atoms with Crippen molar-refractivity contribution in [1.82, 2.24) is 10.2 Å². The van der Waals surface area contributed by atoms with Crippen LogP contribution in [0.3, 0.4) is 0 Å². The van der Waals surface area contributed by atoms with Gasteiger partial charge in [-0.05, 0) is 35.4 Å². The molecule has 0 fully saturated rings. The number of rotatable bonds is 7. The fourth-order valence-electron chi connectivity index (χ4n) is 3.61. The Kier molecular flexibility index (Phi) is 5.99. The zero-order valence-electron chi connectivity index (χ0n) is 17.4. The van der Waals surface area contributed by atoms with Crippen molar-refractivity contribution in [3.8, 4) is 0 Å². The molecule has 0 saturated carbocycles. The summed E-state index contributed by atoms with van der Waals surface area (Å²) in [5, 5.41) is 19.2. The van der Waals surface area contributed by atoms with Crippen LogP contribution in [0.25, 0.3) is 0 Å². The van der Waals surface area contributed by atoms with Crippen molar-refractivity contribution < 1.29 is 23.5 Å². The average molecular weight is 494 g/mol. The van der Waals surface area contributed by atoms with Crippen molar-refractivity contribution in [2.75, 3.05) is 4.90 Å². The Balaban J connectivity index is 1.50. The third-order valence-corrected chi connectivity index (χ3v) is 7.32. The summed E-state index contributed by atoms with van der Waals surface area (Å²) in [7, 11) is 0. The number of aliphatic hydroxyl groups is 1. The van der Waals surface area contributed by atoms with Crippen molar-refractivity contribution >= 4 is 39.9 Å². The minimum absolute atomic E-state index is 0.0281. The van der Waals surface area contributed by atoms with Crippen LogP contribution < -0.4 is 4.90 Å². The number of Topliss-reactive ketones (excluding diaryl/α,β-unsaturated/α-hetero) is 1. The molecule has 1 N–H and O–H groups in total. The van der Waals surface area contributed by atoms with Gasteiger partial charge >= 0.3 is 0 Å². The molecule has 1 amide bonds. The lowest BCUT2D eigenvalue weighted by Gasteiger charge is -2.23. The number of ketones is 1. The first-order chi connectivity index (χ1) is 16.5. The molecular weight excluding hydrogens is 477 g/mol. The van der Waals surface area contributed by atoms with Crippen LogP contribution >= 0.6 is 23.1 Å². The Hall–Kier alpha value is -3.76. The number of benzene rings is 2. The van der Waals surface area contributed by atoms with Crippen molar-refractivity contribution in [1.29, 1.82) is 0 Å². The van der Waals surface area contributed by atoms with E-state index in [1.54, 1.807) is 0 Å². The average Bonchev–Trinajstić information content (AvgIpc) is 3.60. The number of hydrogen-bond donors (Lipinski definition) is 1. The number of amides is 1. The molecule has 10 heteroatoms. The lowest BCUT2D eigenvalue weighted by Crippen LogP contribution is -2.31. The van der Waals surface area contributed by atoms with Gasteiger partial charge in [-0.2, -0.15) is 0 Å². The molecule has 0 bridgehead atoms. The Morgan fingerprint density at radius 2 is 1.85 bits per heavy atom. The van der Waals surface area contributed by atoms with Crippen LogP contribution in [0.2, 0.25) is 0 Å². The van der Waals surface area contributed by atoms with E-state index >= 15 is 0 Å². The quantitative estimate of drug-likeness (QED) is 0.211. The number of aromatic nitrogens is 2. The highest BCUT2D eigenvalue weighted by Crippen LogP contribution is 2.43. The molecule has 5 rings (SSSR count). The van der Waals surface area contributed by atoms with E-state index in [0.717, 1.165) is 5.56 Å². The van der Waals surface area contributed by atoms with E-state index in [0.29, 0.717) is 15.7 Å². The first-order valence-corrected chi connectivity index (χ1v) is 11.9. The molecule has 2 aromatic heterocycles. The van der Waals surface area contributed by atoms with Crippen LogP contribution in [-0.2, 0) is 10.5 Å². The third kappa shape index (κ3) is 4.13. The van der Waals surface area contributed by atoms with Crippen molar-refractivity contribution in [3.63, 3.8) is 0 Å². The highest BCUT2D eigenvalue weighted by Gasteiger charge is 2.46. The Bertz CT molecular complexity index is 1370. The third-order valence-electron chi connectivity index (χ3n) is 5.19. The minimum atomic E-state index is -1.02. The smallest absolute Gasteiger partial charge is 0.296 e. The lowest BCUT2D eigenvalue weighted by atomic mass is 9.95. The fourth-order valence-corrected chi connectivity index (χ4v) is 5.44. The topological polar surface area (TPSA) is 96.5 Å². The minimum Gasteiger partial charge on any atom is -0.503 e. The van der Waals surface area contributed by atoms with E-state index in [2.05, 4.69) is 10.2 Å². The number of furan rings is 1. The Morgan fingerprint density at radius 3 is 2.56 bits per heavy atom. The number of carbonyl (C=O) groups is 2. The highest BCUT2D eigenvalue weighted by atomic mass is 32.2. The van der Waals surface area contributed by atoms with Crippen LogP contribution in [0.5, 0.6) is 0 Å². The van der Waals surface area contributed by atoms with Crippen molar-refractivity contribution in [3.05, 3.63) is 107 Å². The summed E-state index contributed by atoms with van der Waals surface area (Å²) in [4.78, 5) is 27.5. The van der Waals surface area contributed by atoms with Crippen LogP contribution in [0, 0.1) is 5.82 Å². The Morgan fingerprint density at radius 1 is 1.09 bits per heavy atom. The first kappa shape index (κ1) is 22.1. The predicted octanol–water partition coefficient (Wildman–Crippen LogP) is 5.35. The summed E-state index contributed by atoms with van der Waals surface area (Å²) in [6.45, 7) is 0. The maximum atomic E-state index is 13.6. The van der Waals surface area contributed by atoms with Gasteiger partial charge in [0.15, 0.2) is 15.9 Å². The van der Waals surface area contributed by atoms with Gasteiger partial charge in [0.05, 0.1) is 17.9 Å². The fraction of sp³-hybridized carbons (Fsp3) is 0.0833. The molecule has 170 valence electrons. The lowest BCUT2D eigenvalue weighted by molar-refractivity contribution is -0.117. The van der Waals surface area contributed by atoms with E-state index < -0.39 is 29.3 Å². The van der Waals surface area contributed by atoms with E-state index in [9.17, 15) is 19.1 Å². The molecule has 0 radical (unpaired) electrons. The maximum absolute atomic E-state index is 13.6. The molecule has 0 spiro atoms. The summed E-state index contributed by atoms with van der Waals surface area (Å²) in [6, 6.07) is 17.2. The summed E-state index contributed by atoms with van der Waals surface area (Å²) < 4.78 is 19.4. The number of thioether (sulfide) groups is 1. The van der Waals surface area contributed by atoms with E-state index in [4.69, 9.17) is 4.42 Å². The van der Waals surface area contributed by atoms with Gasteiger partial charge in [-0.3, -0.25) is 14.5 Å². The standard InChI is InChI=1S/C24H16FN3O4S2/c25-16-10-8-15(9-11-16)19-18(20(29)17-7-4-12-32-17)21(30)22(31)28(19)23-26-27-24(34-23)33-13-14-5-2-1-3-6-14/h1-12,19,30H,13H2/t19-/m0/s1. The van der Waals surface area contributed by atoms with E-state index in [-0.39, 0.29) is 16.5 Å². The van der Waals surface area contributed by atoms with Gasteiger partial charge in [0.2, 0.25) is 10.9 Å². The number of aliphatic hydroxyl groups excluding tert-OH is 1. The molecule has 1 atom stereocenters. The second kappa shape index (κ2) is 9.24. The van der Waals surface area contributed by atoms with Gasteiger partial charge in [-0.25, -0.2) is 4.39 Å². The molecule has 0 aliphatic carbocycles. The highest BCUT2D eigenvalue weighted by molar-refractivity contribution is 8.00. The Labute approximate surface area is 201 Å². The first-order valence-electron chi connectivity index (χ1n) is 10.1. The molecule has 4 aromatic rings. The van der Waals surface area contributed by atoms with Crippen LogP contribution in [-0.4, -0.2) is 27.0 Å². The largest absolute Gasteiger partial charge is 0.503 e. The summed E-state index contributed by atoms with van der Waals surface area (Å²) in [6.07, 6.45) is 1.33. The zero-order chi connectivity index (χ0) is 23.7. The van der Waals surface area contributed by atoms with Crippen LogP contribution in [0.15, 0.2) is 93.1 Å². The molecule has 1 aliphatic heterocycles. The molecule has 7 nitrogen and oxygen atoms in total. The van der Waals surface area contributed by atoms with Gasteiger partial charge in [-0.1, -0.05) is 65.6 Å². The van der Waals surface area contributed by atoms with Crippen LogP contribution in [0.4, 0.5) is 9.52 Å². The van der Waals surface area contributed by atoms with Crippen molar-refractivity contribution in [2.24, 2.45) is 0 Å². The number of hydrogen-bond acceptors (Lipinski definition) is 8. The molecule has 1 aliphatic rings. The second-order valence-electron chi connectivity index (χ2n) is 7.32. The zero-order valence-corrected chi connectivity index (χ0v) is 19.1. The molecule has 0 unspecified atom stereocenters. The molecule has 34 heavy (non-hydrogen) atoms. The van der Waals surface area contributed by atoms with E-state index in [1.807, 2.05) is 30.3 Å². The van der Waals surface area contributed by atoms with Crippen LogP contribution in [0.1, 0.15) is 27.7 Å². The number of nitrogens with zero attached hydrogens (tertiary/aromatic N) is 3. The molecular formula is C24H16FN3O4S2. The number of carbonyl (C=O) groups excluding carboxylic acids is 2. The van der Waals surface area contributed by atoms with Gasteiger partial charge in [0.1, 0.15) is 5.82 Å². The summed E-state index contributed by atoms with van der Waals surface area (Å²) >= 11 is 2.63. The summed E-state index contributed by atoms with van der Waals surface area (Å²) in [5.41, 5.74) is 1.37. The molecule has 0 saturated heterocycles. The maximum Gasteiger partial charge on any atom is 0.296 e. The predicted molar refractivity (Wildman–Crippen MR) is 125 cm³/mol. The second-order valence-corrected chi connectivity index (χ2v) is 9.50. The number of anilines is 1. The van der Waals surface area contributed by atoms with Gasteiger partial charge in [-0.15, -0.1) is 10.2 Å². The summed E-state index contributed by atoms with van der Waals surface area (Å²) in [5.74, 6) is -1.97. The van der Waals surface area contributed by atoms with Gasteiger partial charge in [0.25, 0.3) is 5.91 Å². The SMILES string of the molecule is O=C(C1=C(O)C(=O)N(c2nnc(SCc3ccccc3)s2)[C@H]1c1ccc(F)cc1)c1ccco1. The normalized spacial score (nSPS) is 15.9. The number of halogens is 1. The monoisotopic (exact) mass is 493 g/mol. The van der Waals surface area contributed by atoms with Gasteiger partial charge in [0, 0.05) is 5.75 Å².